The molecule has 0 saturated carbocycles. The molecule has 1 aliphatic heterocycles. The lowest BCUT2D eigenvalue weighted by Gasteiger charge is -2.14. The van der Waals surface area contributed by atoms with Crippen LogP contribution in [0.2, 0.25) is 5.02 Å². The highest BCUT2D eigenvalue weighted by Gasteiger charge is 2.28. The highest BCUT2D eigenvalue weighted by molar-refractivity contribution is 6.31. The molecule has 1 amide bonds. The average molecular weight is 396 g/mol. The van der Waals surface area contributed by atoms with Crippen molar-refractivity contribution < 1.29 is 14.3 Å². The van der Waals surface area contributed by atoms with E-state index in [2.05, 4.69) is 16.2 Å². The molecule has 1 aliphatic rings. The number of carbonyl (C=O) groups is 1. The Hall–Kier alpha value is -2.90. The molecule has 4 rings (SSSR count). The van der Waals surface area contributed by atoms with Crippen LogP contribution in [0.4, 0.5) is 0 Å². The van der Waals surface area contributed by atoms with Crippen LogP contribution in [0.15, 0.2) is 78.9 Å². The van der Waals surface area contributed by atoms with Gasteiger partial charge in [0.25, 0.3) is 5.91 Å². The van der Waals surface area contributed by atoms with E-state index in [1.54, 1.807) is 30.3 Å². The number of benzene rings is 3. The monoisotopic (exact) mass is 395 g/mol. The summed E-state index contributed by atoms with van der Waals surface area (Å²) in [6.07, 6.45) is -1.17. The number of nitrogens with one attached hydrogen (secondary N) is 3. The van der Waals surface area contributed by atoms with Crippen LogP contribution < -0.4 is 20.9 Å². The molecule has 28 heavy (non-hydrogen) atoms. The quantitative estimate of drug-likeness (QED) is 0.609. The Bertz CT molecular complexity index is 968. The number of rotatable bonds is 5. The second kappa shape index (κ2) is 8.41. The van der Waals surface area contributed by atoms with Gasteiger partial charge in [0.15, 0.2) is 6.23 Å². The van der Waals surface area contributed by atoms with E-state index in [0.29, 0.717) is 22.1 Å². The minimum absolute atomic E-state index is 0.294. The second-order valence-corrected chi connectivity index (χ2v) is 6.53. The first-order chi connectivity index (χ1) is 13.7. The number of ether oxygens (including phenoxy) is 2. The Labute approximate surface area is 167 Å². The first kappa shape index (κ1) is 18.5. The van der Waals surface area contributed by atoms with Gasteiger partial charge in [0.05, 0.1) is 0 Å². The Morgan fingerprint density at radius 1 is 0.929 bits per heavy atom. The molecule has 1 heterocycles. The van der Waals surface area contributed by atoms with Crippen LogP contribution in [-0.2, 0) is 4.74 Å². The largest absolute Gasteiger partial charge is 0.457 e. The normalized spacial score (nSPS) is 18.6. The molecule has 2 unspecified atom stereocenters. The number of para-hydroxylation sites is 1. The number of amides is 1. The van der Waals surface area contributed by atoms with Crippen LogP contribution in [0.25, 0.3) is 0 Å². The smallest absolute Gasteiger partial charge is 0.254 e. The summed E-state index contributed by atoms with van der Waals surface area (Å²) in [4.78, 5) is 12.6. The lowest BCUT2D eigenvalue weighted by atomic mass is 10.2. The summed E-state index contributed by atoms with van der Waals surface area (Å²) in [5, 5.41) is 3.35. The molecule has 3 N–H and O–H groups in total. The van der Waals surface area contributed by atoms with Crippen molar-refractivity contribution in [1.29, 1.82) is 0 Å². The van der Waals surface area contributed by atoms with E-state index in [0.717, 1.165) is 5.56 Å². The van der Waals surface area contributed by atoms with E-state index in [1.807, 2.05) is 48.5 Å². The van der Waals surface area contributed by atoms with Gasteiger partial charge in [-0.25, -0.2) is 10.9 Å². The Balaban J connectivity index is 1.39. The summed E-state index contributed by atoms with van der Waals surface area (Å²) >= 11 is 6.19. The molecule has 0 bridgehead atoms. The van der Waals surface area contributed by atoms with Crippen molar-refractivity contribution in [3.63, 3.8) is 0 Å². The van der Waals surface area contributed by atoms with Crippen molar-refractivity contribution in [3.8, 4) is 11.5 Å². The number of carbonyl (C=O) groups excluding carboxylic acids is 1. The molecule has 3 aromatic carbocycles. The van der Waals surface area contributed by atoms with Crippen LogP contribution in [0.5, 0.6) is 11.5 Å². The zero-order valence-corrected chi connectivity index (χ0v) is 15.5. The van der Waals surface area contributed by atoms with Crippen molar-refractivity contribution in [2.75, 3.05) is 0 Å². The van der Waals surface area contributed by atoms with Crippen LogP contribution >= 0.6 is 11.6 Å². The highest BCUT2D eigenvalue weighted by atomic mass is 35.5. The fraction of sp³-hybridized carbons (Fsp3) is 0.0952. The number of hydrogen-bond acceptors (Lipinski definition) is 5. The second-order valence-electron chi connectivity index (χ2n) is 6.12. The van der Waals surface area contributed by atoms with Crippen molar-refractivity contribution >= 4 is 17.5 Å². The van der Waals surface area contributed by atoms with E-state index in [4.69, 9.17) is 21.1 Å². The minimum atomic E-state index is -0.701. The zero-order chi connectivity index (χ0) is 19.3. The fourth-order valence-corrected chi connectivity index (χ4v) is 3.03. The molecule has 0 aliphatic carbocycles. The van der Waals surface area contributed by atoms with Crippen LogP contribution in [0, 0.1) is 0 Å². The van der Waals surface area contributed by atoms with Gasteiger partial charge in [-0.1, -0.05) is 54.1 Å². The van der Waals surface area contributed by atoms with E-state index in [9.17, 15) is 4.79 Å². The summed E-state index contributed by atoms with van der Waals surface area (Å²) in [7, 11) is 0. The van der Waals surface area contributed by atoms with Gasteiger partial charge in [-0.2, -0.15) is 0 Å². The van der Waals surface area contributed by atoms with Gasteiger partial charge in [0.1, 0.15) is 11.5 Å². The Morgan fingerprint density at radius 2 is 1.68 bits per heavy atom. The van der Waals surface area contributed by atoms with E-state index in [-0.39, 0.29) is 5.91 Å². The summed E-state index contributed by atoms with van der Waals surface area (Å²) in [5.41, 5.74) is 7.10. The van der Waals surface area contributed by atoms with Gasteiger partial charge in [-0.15, -0.1) is 0 Å². The lowest BCUT2D eigenvalue weighted by molar-refractivity contribution is 0.0157. The maximum Gasteiger partial charge on any atom is 0.254 e. The van der Waals surface area contributed by atoms with Crippen LogP contribution in [0.1, 0.15) is 22.1 Å². The van der Waals surface area contributed by atoms with Crippen LogP contribution in [0.3, 0.4) is 0 Å². The van der Waals surface area contributed by atoms with Crippen molar-refractivity contribution in [1.82, 2.24) is 16.2 Å². The van der Waals surface area contributed by atoms with E-state index in [1.165, 1.54) is 0 Å². The SMILES string of the molecule is O=C(NC1NNC(c2ccccc2Cl)O1)c1cccc(Oc2ccccc2)c1. The number of halogens is 1. The van der Waals surface area contributed by atoms with Gasteiger partial charge in [-0.05, 0) is 36.4 Å². The van der Waals surface area contributed by atoms with E-state index < -0.39 is 12.6 Å². The topological polar surface area (TPSA) is 71.6 Å². The van der Waals surface area contributed by atoms with Crippen molar-refractivity contribution in [3.05, 3.63) is 95.0 Å². The van der Waals surface area contributed by atoms with Gasteiger partial charge in [0.2, 0.25) is 6.35 Å². The summed E-state index contributed by atoms with van der Waals surface area (Å²) in [6.45, 7) is 0. The van der Waals surface area contributed by atoms with Gasteiger partial charge in [0, 0.05) is 16.1 Å². The predicted molar refractivity (Wildman–Crippen MR) is 106 cm³/mol. The van der Waals surface area contributed by atoms with Crippen molar-refractivity contribution in [2.45, 2.75) is 12.6 Å². The van der Waals surface area contributed by atoms with E-state index >= 15 is 0 Å². The summed E-state index contributed by atoms with van der Waals surface area (Å²) < 4.78 is 11.5. The molecule has 7 heteroatoms. The van der Waals surface area contributed by atoms with Gasteiger partial charge < -0.3 is 14.8 Å². The first-order valence-electron chi connectivity index (χ1n) is 8.74. The molecule has 6 nitrogen and oxygen atoms in total. The Kier molecular flexibility index (Phi) is 5.55. The standard InChI is InChI=1S/C21H18ClN3O3/c22-18-12-5-4-11-17(18)20-24-25-21(28-20)23-19(26)14-7-6-10-16(13-14)27-15-8-2-1-3-9-15/h1-13,20-21,24-25H,(H,23,26). The lowest BCUT2D eigenvalue weighted by Crippen LogP contribution is -2.44. The van der Waals surface area contributed by atoms with Crippen LogP contribution in [-0.4, -0.2) is 12.3 Å². The van der Waals surface area contributed by atoms with Gasteiger partial charge in [-0.3, -0.25) is 4.79 Å². The molecule has 142 valence electrons. The third-order valence-electron chi connectivity index (χ3n) is 4.14. The fourth-order valence-electron chi connectivity index (χ4n) is 2.79. The minimum Gasteiger partial charge on any atom is -0.457 e. The maximum absolute atomic E-state index is 12.6. The average Bonchev–Trinajstić information content (AvgIpc) is 3.17. The highest BCUT2D eigenvalue weighted by Crippen LogP contribution is 2.26. The summed E-state index contributed by atoms with van der Waals surface area (Å²) in [5.74, 6) is 0.983. The maximum atomic E-state index is 12.6. The predicted octanol–water partition coefficient (Wildman–Crippen LogP) is 3.97. The third-order valence-corrected chi connectivity index (χ3v) is 4.49. The Morgan fingerprint density at radius 3 is 2.50 bits per heavy atom. The number of hydrogen-bond donors (Lipinski definition) is 3. The van der Waals surface area contributed by atoms with Gasteiger partial charge >= 0.3 is 0 Å². The third kappa shape index (κ3) is 4.32. The molecule has 1 saturated heterocycles. The molecular weight excluding hydrogens is 378 g/mol. The first-order valence-corrected chi connectivity index (χ1v) is 9.11. The molecule has 0 spiro atoms. The molecule has 0 aromatic heterocycles. The molecule has 1 fully saturated rings. The molecule has 3 aromatic rings. The molecular formula is C21H18ClN3O3. The number of hydrazine groups is 1. The summed E-state index contributed by atoms with van der Waals surface area (Å²) in [6, 6.07) is 23.7. The molecule has 2 atom stereocenters. The zero-order valence-electron chi connectivity index (χ0n) is 14.8. The van der Waals surface area contributed by atoms with Crippen molar-refractivity contribution in [2.24, 2.45) is 0 Å². The molecule has 0 radical (unpaired) electrons.